The highest BCUT2D eigenvalue weighted by Crippen LogP contribution is 2.34. The predicted octanol–water partition coefficient (Wildman–Crippen LogP) is 3.61. The van der Waals surface area contributed by atoms with Gasteiger partial charge in [0.25, 0.3) is 0 Å². The van der Waals surface area contributed by atoms with Gasteiger partial charge in [-0.2, -0.15) is 0 Å². The van der Waals surface area contributed by atoms with Crippen LogP contribution in [0.15, 0.2) is 24.3 Å². The summed E-state index contributed by atoms with van der Waals surface area (Å²) in [6, 6.07) is 8.37. The lowest BCUT2D eigenvalue weighted by Crippen LogP contribution is -2.38. The van der Waals surface area contributed by atoms with Crippen LogP contribution in [-0.2, 0) is 11.2 Å². The Kier molecular flexibility index (Phi) is 4.48. The molecule has 0 radical (unpaired) electrons. The second-order valence-corrected chi connectivity index (χ2v) is 6.43. The van der Waals surface area contributed by atoms with E-state index in [-0.39, 0.29) is 18.2 Å². The molecule has 0 fully saturated rings. The Morgan fingerprint density at radius 2 is 2.17 bits per heavy atom. The molecule has 1 aromatic rings. The molecule has 0 aliphatic heterocycles. The monoisotopic (exact) mass is 359 g/mol. The van der Waals surface area contributed by atoms with Crippen LogP contribution in [0.5, 0.6) is 0 Å². The summed E-state index contributed by atoms with van der Waals surface area (Å²) in [5.74, 6) is 0. The molecule has 0 aromatic heterocycles. The van der Waals surface area contributed by atoms with Crippen LogP contribution in [0, 0.1) is 0 Å². The van der Waals surface area contributed by atoms with E-state index in [1.807, 2.05) is 19.9 Å². The number of amides is 1. The number of aryl methyl sites for hydroxylation is 1. The van der Waals surface area contributed by atoms with Gasteiger partial charge in [-0.3, -0.25) is 0 Å². The number of carbonyl (C=O) groups excluding carboxylic acids is 1. The maximum atomic E-state index is 11.7. The average Bonchev–Trinajstić information content (AvgIpc) is 2.32. The molecule has 1 aliphatic rings. The highest BCUT2D eigenvalue weighted by Gasteiger charge is 2.29. The Morgan fingerprint density at radius 3 is 2.89 bits per heavy atom. The van der Waals surface area contributed by atoms with E-state index < -0.39 is 0 Å². The highest BCUT2D eigenvalue weighted by atomic mass is 127. The standard InChI is InChI=1S/C14H18INO2/c1-9(2)18-14(17)16-13-11-6-4-3-5-10(11)7-8-12(13)15/h3-6,9,12-13H,7-8H2,1-2H3,(H,16,17)/t12-,13+/m0/s1. The summed E-state index contributed by atoms with van der Waals surface area (Å²) in [6.45, 7) is 3.71. The molecule has 0 heterocycles. The van der Waals surface area contributed by atoms with Crippen molar-refractivity contribution in [1.82, 2.24) is 5.32 Å². The number of halogens is 1. The minimum absolute atomic E-state index is 0.0572. The van der Waals surface area contributed by atoms with Crippen LogP contribution < -0.4 is 5.32 Å². The van der Waals surface area contributed by atoms with Crippen molar-refractivity contribution >= 4 is 28.7 Å². The molecular formula is C14H18INO2. The maximum absolute atomic E-state index is 11.7. The number of hydrogen-bond donors (Lipinski definition) is 1. The fourth-order valence-corrected chi connectivity index (χ4v) is 3.14. The fraction of sp³-hybridized carbons (Fsp3) is 0.500. The SMILES string of the molecule is CC(C)OC(=O)N[C@@H]1c2ccccc2CC[C@@H]1I. The van der Waals surface area contributed by atoms with Crippen molar-refractivity contribution in [2.24, 2.45) is 0 Å². The number of nitrogens with one attached hydrogen (secondary N) is 1. The third kappa shape index (κ3) is 3.16. The molecule has 1 aliphatic carbocycles. The lowest BCUT2D eigenvalue weighted by molar-refractivity contribution is 0.111. The number of ether oxygens (including phenoxy) is 1. The molecule has 0 spiro atoms. The van der Waals surface area contributed by atoms with Crippen molar-refractivity contribution < 1.29 is 9.53 Å². The van der Waals surface area contributed by atoms with Gasteiger partial charge < -0.3 is 10.1 Å². The van der Waals surface area contributed by atoms with Crippen LogP contribution in [0.1, 0.15) is 37.4 Å². The van der Waals surface area contributed by atoms with E-state index in [1.165, 1.54) is 11.1 Å². The van der Waals surface area contributed by atoms with Gasteiger partial charge in [0.05, 0.1) is 12.1 Å². The average molecular weight is 359 g/mol. The minimum atomic E-state index is -0.326. The number of fused-ring (bicyclic) bond motifs is 1. The first-order valence-corrected chi connectivity index (χ1v) is 7.51. The van der Waals surface area contributed by atoms with Crippen LogP contribution in [0.25, 0.3) is 0 Å². The molecule has 2 atom stereocenters. The van der Waals surface area contributed by atoms with Gasteiger partial charge in [0, 0.05) is 3.92 Å². The molecule has 1 amide bonds. The molecule has 0 unspecified atom stereocenters. The van der Waals surface area contributed by atoms with Crippen molar-refractivity contribution in [2.75, 3.05) is 0 Å². The summed E-state index contributed by atoms with van der Waals surface area (Å²) < 4.78 is 5.58. The van der Waals surface area contributed by atoms with E-state index in [1.54, 1.807) is 0 Å². The normalized spacial score (nSPS) is 22.4. The summed E-state index contributed by atoms with van der Waals surface area (Å²) in [4.78, 5) is 11.7. The summed E-state index contributed by atoms with van der Waals surface area (Å²) in [5.41, 5.74) is 2.56. The van der Waals surface area contributed by atoms with E-state index in [4.69, 9.17) is 4.74 Å². The Bertz CT molecular complexity index is 434. The molecular weight excluding hydrogens is 341 g/mol. The van der Waals surface area contributed by atoms with Crippen molar-refractivity contribution in [1.29, 1.82) is 0 Å². The van der Waals surface area contributed by atoms with Crippen molar-refractivity contribution in [3.63, 3.8) is 0 Å². The zero-order valence-corrected chi connectivity index (χ0v) is 12.8. The van der Waals surface area contributed by atoms with E-state index in [0.29, 0.717) is 3.92 Å². The first kappa shape index (κ1) is 13.6. The van der Waals surface area contributed by atoms with Crippen molar-refractivity contribution in [2.45, 2.75) is 42.8 Å². The second-order valence-electron chi connectivity index (χ2n) is 4.83. The van der Waals surface area contributed by atoms with Crippen molar-refractivity contribution in [3.05, 3.63) is 35.4 Å². The van der Waals surface area contributed by atoms with Gasteiger partial charge in [0.15, 0.2) is 0 Å². The number of alkyl halides is 1. The summed E-state index contributed by atoms with van der Waals surface area (Å²) in [5, 5.41) is 2.99. The topological polar surface area (TPSA) is 38.3 Å². The van der Waals surface area contributed by atoms with Crippen LogP contribution in [0.4, 0.5) is 4.79 Å². The van der Waals surface area contributed by atoms with Crippen LogP contribution in [-0.4, -0.2) is 16.1 Å². The Morgan fingerprint density at radius 1 is 1.44 bits per heavy atom. The molecule has 2 rings (SSSR count). The van der Waals surface area contributed by atoms with E-state index in [9.17, 15) is 4.79 Å². The van der Waals surface area contributed by atoms with Gasteiger partial charge >= 0.3 is 6.09 Å². The molecule has 0 bridgehead atoms. The quantitative estimate of drug-likeness (QED) is 0.647. The lowest BCUT2D eigenvalue weighted by atomic mass is 9.88. The summed E-state index contributed by atoms with van der Waals surface area (Å²) in [6.07, 6.45) is 1.76. The summed E-state index contributed by atoms with van der Waals surface area (Å²) >= 11 is 2.41. The molecule has 18 heavy (non-hydrogen) atoms. The predicted molar refractivity (Wildman–Crippen MR) is 80.1 cm³/mol. The Labute approximate surface area is 121 Å². The first-order chi connectivity index (χ1) is 8.58. The van der Waals surface area contributed by atoms with Gasteiger partial charge in [0.1, 0.15) is 0 Å². The van der Waals surface area contributed by atoms with Gasteiger partial charge in [-0.05, 0) is 37.8 Å². The molecule has 98 valence electrons. The number of rotatable bonds is 2. The molecule has 1 aromatic carbocycles. The Balaban J connectivity index is 2.14. The van der Waals surface area contributed by atoms with Crippen LogP contribution in [0.3, 0.4) is 0 Å². The molecule has 0 saturated heterocycles. The number of alkyl carbamates (subject to hydrolysis) is 1. The van der Waals surface area contributed by atoms with Gasteiger partial charge in [-0.25, -0.2) is 4.79 Å². The van der Waals surface area contributed by atoms with Gasteiger partial charge in [-0.1, -0.05) is 46.9 Å². The number of hydrogen-bond acceptors (Lipinski definition) is 2. The van der Waals surface area contributed by atoms with Crippen molar-refractivity contribution in [3.8, 4) is 0 Å². The molecule has 4 heteroatoms. The van der Waals surface area contributed by atoms with E-state index >= 15 is 0 Å². The Hall–Kier alpha value is -0.780. The highest BCUT2D eigenvalue weighted by molar-refractivity contribution is 14.1. The molecule has 1 N–H and O–H groups in total. The van der Waals surface area contributed by atoms with Crippen LogP contribution in [0.2, 0.25) is 0 Å². The third-order valence-corrected chi connectivity index (χ3v) is 4.40. The third-order valence-electron chi connectivity index (χ3n) is 3.06. The molecule has 0 saturated carbocycles. The zero-order valence-electron chi connectivity index (χ0n) is 10.7. The lowest BCUT2D eigenvalue weighted by Gasteiger charge is -2.30. The maximum Gasteiger partial charge on any atom is 0.407 e. The largest absolute Gasteiger partial charge is 0.447 e. The van der Waals surface area contributed by atoms with Gasteiger partial charge in [0.2, 0.25) is 0 Å². The van der Waals surface area contributed by atoms with E-state index in [0.717, 1.165) is 12.8 Å². The fourth-order valence-electron chi connectivity index (χ4n) is 2.26. The summed E-state index contributed by atoms with van der Waals surface area (Å²) in [7, 11) is 0. The minimum Gasteiger partial charge on any atom is -0.447 e. The smallest absolute Gasteiger partial charge is 0.407 e. The molecule has 3 nitrogen and oxygen atoms in total. The number of benzene rings is 1. The van der Waals surface area contributed by atoms with E-state index in [2.05, 4.69) is 46.1 Å². The van der Waals surface area contributed by atoms with Gasteiger partial charge in [-0.15, -0.1) is 0 Å². The number of carbonyl (C=O) groups is 1. The van der Waals surface area contributed by atoms with Crippen LogP contribution >= 0.6 is 22.6 Å². The second kappa shape index (κ2) is 5.91. The first-order valence-electron chi connectivity index (χ1n) is 6.27. The zero-order chi connectivity index (χ0) is 13.1.